The quantitative estimate of drug-likeness (QED) is 0.797. The number of ether oxygens (including phenoxy) is 1. The lowest BCUT2D eigenvalue weighted by atomic mass is 10.1. The van der Waals surface area contributed by atoms with E-state index in [1.54, 1.807) is 7.11 Å². The third-order valence-electron chi connectivity index (χ3n) is 2.70. The summed E-state index contributed by atoms with van der Waals surface area (Å²) >= 11 is 5.65. The van der Waals surface area contributed by atoms with E-state index in [1.807, 2.05) is 24.3 Å². The number of hydrogen-bond donors (Lipinski definition) is 0. The highest BCUT2D eigenvalue weighted by Gasteiger charge is 2.08. The second kappa shape index (κ2) is 5.74. The zero-order valence-electron chi connectivity index (χ0n) is 9.98. The summed E-state index contributed by atoms with van der Waals surface area (Å²) in [6.45, 7) is 0. The molecule has 1 heterocycles. The first-order valence-electron chi connectivity index (χ1n) is 5.56. The van der Waals surface area contributed by atoms with Crippen LogP contribution in [-0.2, 0) is 6.42 Å². The lowest BCUT2D eigenvalue weighted by Gasteiger charge is -2.04. The molecule has 0 saturated heterocycles. The summed E-state index contributed by atoms with van der Waals surface area (Å²) < 4.78 is 10.3. The molecule has 0 fully saturated rings. The Hall–Kier alpha value is -1.74. The minimum absolute atomic E-state index is 0.0351. The van der Waals surface area contributed by atoms with Crippen LogP contribution < -0.4 is 10.2 Å². The zero-order valence-corrected chi connectivity index (χ0v) is 10.7. The number of aryl methyl sites for hydroxylation is 1. The maximum atomic E-state index is 12.2. The van der Waals surface area contributed by atoms with Gasteiger partial charge in [-0.15, -0.1) is 11.6 Å². The van der Waals surface area contributed by atoms with E-state index in [-0.39, 0.29) is 5.43 Å². The monoisotopic (exact) mass is 264 g/mol. The maximum Gasteiger partial charge on any atom is 0.195 e. The molecule has 0 aliphatic rings. The zero-order chi connectivity index (χ0) is 13.0. The van der Waals surface area contributed by atoms with Crippen molar-refractivity contribution in [3.05, 3.63) is 52.6 Å². The van der Waals surface area contributed by atoms with Crippen LogP contribution in [0.2, 0.25) is 0 Å². The molecule has 0 unspecified atom stereocenters. The predicted molar refractivity (Wildman–Crippen MR) is 71.4 cm³/mol. The second-order valence-electron chi connectivity index (χ2n) is 3.81. The van der Waals surface area contributed by atoms with Gasteiger partial charge in [0.15, 0.2) is 5.43 Å². The molecule has 0 radical (unpaired) electrons. The van der Waals surface area contributed by atoms with Gasteiger partial charge in [-0.1, -0.05) is 12.1 Å². The van der Waals surface area contributed by atoms with E-state index in [2.05, 4.69) is 0 Å². The van der Waals surface area contributed by atoms with Crippen LogP contribution in [0.25, 0.3) is 11.1 Å². The summed E-state index contributed by atoms with van der Waals surface area (Å²) in [5.74, 6) is 1.15. The number of hydrogen-bond acceptors (Lipinski definition) is 3. The van der Waals surface area contributed by atoms with Crippen molar-refractivity contribution >= 4 is 11.6 Å². The third kappa shape index (κ3) is 2.57. The molecule has 1 aromatic carbocycles. The first-order valence-corrected chi connectivity index (χ1v) is 6.09. The van der Waals surface area contributed by atoms with E-state index >= 15 is 0 Å². The van der Waals surface area contributed by atoms with E-state index in [0.717, 1.165) is 11.3 Å². The summed E-state index contributed by atoms with van der Waals surface area (Å²) in [6.07, 6.45) is 3.42. The van der Waals surface area contributed by atoms with Crippen LogP contribution in [0.4, 0.5) is 0 Å². The first-order chi connectivity index (χ1) is 8.76. The Balaban J connectivity index is 2.43. The van der Waals surface area contributed by atoms with Gasteiger partial charge in [0.2, 0.25) is 0 Å². The molecule has 2 rings (SSSR count). The van der Waals surface area contributed by atoms with Gasteiger partial charge < -0.3 is 9.15 Å². The molecule has 0 bridgehead atoms. The van der Waals surface area contributed by atoms with Crippen LogP contribution >= 0.6 is 11.6 Å². The van der Waals surface area contributed by atoms with Crippen molar-refractivity contribution in [1.82, 2.24) is 0 Å². The topological polar surface area (TPSA) is 39.4 Å². The van der Waals surface area contributed by atoms with Crippen molar-refractivity contribution in [3.63, 3.8) is 0 Å². The maximum absolute atomic E-state index is 12.2. The van der Waals surface area contributed by atoms with Crippen LogP contribution in [0.15, 0.2) is 46.0 Å². The first kappa shape index (κ1) is 12.7. The van der Waals surface area contributed by atoms with Gasteiger partial charge in [0.05, 0.1) is 18.9 Å². The standard InChI is InChI=1S/C14H13ClO3/c1-17-12-4-2-10(3-5-12)13-9-18-8-11(6-7-15)14(13)16/h2-5,8-9H,6-7H2,1H3. The molecule has 94 valence electrons. The lowest BCUT2D eigenvalue weighted by molar-refractivity contribution is 0.415. The molecule has 2 aromatic rings. The van der Waals surface area contributed by atoms with Crippen molar-refractivity contribution in [3.8, 4) is 16.9 Å². The molecular formula is C14H13ClO3. The molecular weight excluding hydrogens is 252 g/mol. The number of benzene rings is 1. The number of halogens is 1. The average Bonchev–Trinajstić information content (AvgIpc) is 2.42. The molecule has 4 heteroatoms. The van der Waals surface area contributed by atoms with Crippen LogP contribution in [0, 0.1) is 0 Å². The van der Waals surface area contributed by atoms with Crippen LogP contribution in [-0.4, -0.2) is 13.0 Å². The molecule has 0 saturated carbocycles. The summed E-state index contributed by atoms with van der Waals surface area (Å²) in [7, 11) is 1.60. The fraction of sp³-hybridized carbons (Fsp3) is 0.214. The van der Waals surface area contributed by atoms with Gasteiger partial charge in [0.1, 0.15) is 12.0 Å². The molecule has 0 amide bonds. The lowest BCUT2D eigenvalue weighted by Crippen LogP contribution is -2.11. The highest BCUT2D eigenvalue weighted by molar-refractivity contribution is 6.17. The SMILES string of the molecule is COc1ccc(-c2cocc(CCCl)c2=O)cc1. The molecule has 0 spiro atoms. The molecule has 0 aliphatic heterocycles. The van der Waals surface area contributed by atoms with Gasteiger partial charge in [-0.3, -0.25) is 4.79 Å². The summed E-state index contributed by atoms with van der Waals surface area (Å²) in [4.78, 5) is 12.2. The van der Waals surface area contributed by atoms with Crippen molar-refractivity contribution in [1.29, 1.82) is 0 Å². The molecule has 1 aromatic heterocycles. The van der Waals surface area contributed by atoms with E-state index < -0.39 is 0 Å². The summed E-state index contributed by atoms with van der Waals surface area (Å²) in [6, 6.07) is 7.27. The van der Waals surface area contributed by atoms with Gasteiger partial charge in [0.25, 0.3) is 0 Å². The normalized spacial score (nSPS) is 10.3. The predicted octanol–water partition coefficient (Wildman–Crippen LogP) is 3.10. The Morgan fingerprint density at radius 2 is 1.94 bits per heavy atom. The van der Waals surface area contributed by atoms with E-state index in [4.69, 9.17) is 20.8 Å². The van der Waals surface area contributed by atoms with Crippen LogP contribution in [0.3, 0.4) is 0 Å². The van der Waals surface area contributed by atoms with Crippen molar-refractivity contribution < 1.29 is 9.15 Å². The van der Waals surface area contributed by atoms with Crippen LogP contribution in [0.1, 0.15) is 5.56 Å². The van der Waals surface area contributed by atoms with Gasteiger partial charge >= 0.3 is 0 Å². The number of alkyl halides is 1. The van der Waals surface area contributed by atoms with Crippen LogP contribution in [0.5, 0.6) is 5.75 Å². The van der Waals surface area contributed by atoms with Crippen molar-refractivity contribution in [2.45, 2.75) is 6.42 Å². The average molecular weight is 265 g/mol. The van der Waals surface area contributed by atoms with E-state index in [1.165, 1.54) is 12.5 Å². The largest absolute Gasteiger partial charge is 0.497 e. The Morgan fingerprint density at radius 3 is 2.56 bits per heavy atom. The molecule has 0 aliphatic carbocycles. The smallest absolute Gasteiger partial charge is 0.195 e. The third-order valence-corrected chi connectivity index (χ3v) is 2.89. The van der Waals surface area contributed by atoms with E-state index in [0.29, 0.717) is 23.4 Å². The van der Waals surface area contributed by atoms with Gasteiger partial charge in [-0.2, -0.15) is 0 Å². The van der Waals surface area contributed by atoms with Gasteiger partial charge in [-0.25, -0.2) is 0 Å². The minimum Gasteiger partial charge on any atom is -0.497 e. The fourth-order valence-electron chi connectivity index (χ4n) is 1.71. The molecule has 0 atom stereocenters. The van der Waals surface area contributed by atoms with E-state index in [9.17, 15) is 4.79 Å². The van der Waals surface area contributed by atoms with Crippen molar-refractivity contribution in [2.75, 3.05) is 13.0 Å². The Labute approximate surface area is 110 Å². The summed E-state index contributed by atoms with van der Waals surface area (Å²) in [5.41, 5.74) is 1.91. The molecule has 3 nitrogen and oxygen atoms in total. The summed E-state index contributed by atoms with van der Waals surface area (Å²) in [5, 5.41) is 0. The Morgan fingerprint density at radius 1 is 1.22 bits per heavy atom. The van der Waals surface area contributed by atoms with Crippen molar-refractivity contribution in [2.24, 2.45) is 0 Å². The molecule has 18 heavy (non-hydrogen) atoms. The number of rotatable bonds is 4. The fourth-order valence-corrected chi connectivity index (χ4v) is 1.91. The second-order valence-corrected chi connectivity index (χ2v) is 4.19. The number of methoxy groups -OCH3 is 1. The van der Waals surface area contributed by atoms with Gasteiger partial charge in [-0.05, 0) is 24.1 Å². The Bertz CT molecular complexity index is 572. The minimum atomic E-state index is -0.0351. The highest BCUT2D eigenvalue weighted by atomic mass is 35.5. The molecule has 0 N–H and O–H groups in total. The van der Waals surface area contributed by atoms with Gasteiger partial charge in [0, 0.05) is 11.4 Å². The Kier molecular flexibility index (Phi) is 4.05. The highest BCUT2D eigenvalue weighted by Crippen LogP contribution is 2.20.